The minimum atomic E-state index is -3.44. The summed E-state index contributed by atoms with van der Waals surface area (Å²) in [4.78, 5) is 0. The third-order valence-electron chi connectivity index (χ3n) is 7.82. The number of fused-ring (bicyclic) bond motifs is 3. The van der Waals surface area contributed by atoms with Crippen LogP contribution < -0.4 is 0 Å². The van der Waals surface area contributed by atoms with Gasteiger partial charge >= 0.3 is 175 Å². The number of hydrogen-bond acceptors (Lipinski definition) is 0. The molecule has 0 atom stereocenters. The Labute approximate surface area is 175 Å². The van der Waals surface area contributed by atoms with Crippen LogP contribution in [0.2, 0.25) is 10.5 Å². The Morgan fingerprint density at radius 3 is 1.86 bits per heavy atom. The van der Waals surface area contributed by atoms with Crippen molar-refractivity contribution in [3.8, 4) is 11.1 Å². The van der Waals surface area contributed by atoms with Crippen LogP contribution in [0.25, 0.3) is 11.1 Å². The van der Waals surface area contributed by atoms with Crippen molar-refractivity contribution in [3.63, 3.8) is 0 Å². The molecule has 3 aromatic rings. The molecular weight excluding hydrogens is 384 g/mol. The molecule has 0 saturated heterocycles. The van der Waals surface area contributed by atoms with Gasteiger partial charge in [-0.3, -0.25) is 0 Å². The van der Waals surface area contributed by atoms with Gasteiger partial charge in [0.1, 0.15) is 0 Å². The average Bonchev–Trinajstić information content (AvgIpc) is 3.41. The molecule has 0 bridgehead atoms. The molecule has 5 rings (SSSR count). The summed E-state index contributed by atoms with van der Waals surface area (Å²) in [5, 5.41) is 5.34. The summed E-state index contributed by atoms with van der Waals surface area (Å²) >= 11 is -3.44. The molecule has 3 aromatic carbocycles. The average molecular weight is 412 g/mol. The second-order valence-electron chi connectivity index (χ2n) is 9.41. The predicted octanol–water partition coefficient (Wildman–Crippen LogP) is 7.63. The Bertz CT molecular complexity index is 1190. The van der Waals surface area contributed by atoms with Gasteiger partial charge in [0.05, 0.1) is 0 Å². The standard InChI is InChI=1S/C13H9.C8H8.C5H5.2CH3.Ti/c1-3-7-12-10(5-1)9-11-6-2-4-8-13(11)12;1-2-8-6-4-3-5-7-8;1-2-4-5-3-1;;;/h1-9H;3-7H,1H3;1-3H,4H2;2*1H3;. The van der Waals surface area contributed by atoms with Gasteiger partial charge in [0, 0.05) is 0 Å². The molecule has 0 heterocycles. The molecule has 0 saturated carbocycles. The summed E-state index contributed by atoms with van der Waals surface area (Å²) in [7, 11) is 0. The summed E-state index contributed by atoms with van der Waals surface area (Å²) in [6.07, 6.45) is 8.15. The van der Waals surface area contributed by atoms with E-state index in [1.54, 1.807) is 7.69 Å². The summed E-state index contributed by atoms with van der Waals surface area (Å²) in [5.41, 5.74) is 7.32. The van der Waals surface area contributed by atoms with Gasteiger partial charge in [-0.15, -0.1) is 0 Å². The van der Waals surface area contributed by atoms with Crippen LogP contribution in [0.4, 0.5) is 0 Å². The van der Waals surface area contributed by atoms with Crippen molar-refractivity contribution in [1.29, 1.82) is 0 Å². The van der Waals surface area contributed by atoms with E-state index < -0.39 is 14.8 Å². The van der Waals surface area contributed by atoms with E-state index in [4.69, 9.17) is 0 Å². The summed E-state index contributed by atoms with van der Waals surface area (Å²) in [6, 6.07) is 29.3. The third kappa shape index (κ3) is 2.59. The first-order chi connectivity index (χ1) is 14.0. The Hall–Kier alpha value is -2.28. The summed E-state index contributed by atoms with van der Waals surface area (Å²) < 4.78 is 3.76. The molecule has 0 aliphatic heterocycles. The molecule has 0 spiro atoms. The molecule has 0 amide bonds. The van der Waals surface area contributed by atoms with Crippen LogP contribution in [0.5, 0.6) is 0 Å². The van der Waals surface area contributed by atoms with Crippen molar-refractivity contribution in [2.45, 2.75) is 28.0 Å². The number of hydrogen-bond donors (Lipinski definition) is 0. The van der Waals surface area contributed by atoms with Crippen molar-refractivity contribution in [2.75, 3.05) is 0 Å². The molecule has 0 aromatic heterocycles. The van der Waals surface area contributed by atoms with E-state index >= 15 is 0 Å². The number of allylic oxidation sites excluding steroid dienone is 4. The van der Waals surface area contributed by atoms with Crippen molar-refractivity contribution in [1.82, 2.24) is 0 Å². The molecule has 0 radical (unpaired) electrons. The fraction of sp³-hybridized carbons (Fsp3) is 0.179. The second kappa shape index (κ2) is 6.62. The van der Waals surface area contributed by atoms with Gasteiger partial charge < -0.3 is 0 Å². The molecule has 1 heteroatoms. The van der Waals surface area contributed by atoms with Crippen LogP contribution in [0.15, 0.2) is 101 Å². The van der Waals surface area contributed by atoms with Gasteiger partial charge in [-0.05, 0) is 0 Å². The van der Waals surface area contributed by atoms with E-state index in [2.05, 4.69) is 114 Å². The van der Waals surface area contributed by atoms with Gasteiger partial charge in [0.25, 0.3) is 0 Å². The normalized spacial score (nSPS) is 15.8. The van der Waals surface area contributed by atoms with E-state index in [-0.39, 0.29) is 0 Å². The van der Waals surface area contributed by atoms with Gasteiger partial charge in [0.2, 0.25) is 0 Å². The Kier molecular flexibility index (Phi) is 4.28. The van der Waals surface area contributed by atoms with Crippen molar-refractivity contribution in [3.05, 3.63) is 118 Å². The van der Waals surface area contributed by atoms with Gasteiger partial charge in [-0.1, -0.05) is 0 Å². The first-order valence-electron chi connectivity index (χ1n) is 10.6. The molecular formula is C28H28Ti. The van der Waals surface area contributed by atoms with Crippen LogP contribution in [0.1, 0.15) is 34.3 Å². The SMILES string of the molecule is C[C](c1ccccc1)=[Ti]([CH3])([CH3])([C]1=CC=CC1)[CH]1c2ccccc2-c2ccccc21. The summed E-state index contributed by atoms with van der Waals surface area (Å²) in [5.74, 6) is 0. The van der Waals surface area contributed by atoms with Crippen molar-refractivity contribution >= 4 is 3.81 Å². The Morgan fingerprint density at radius 1 is 0.759 bits per heavy atom. The topological polar surface area (TPSA) is 0 Å². The Balaban J connectivity index is 1.92. The minimum absolute atomic E-state index is 0.464. The number of rotatable bonds is 3. The fourth-order valence-corrected chi connectivity index (χ4v) is 15.4. The van der Waals surface area contributed by atoms with E-state index in [1.807, 2.05) is 0 Å². The molecule has 2 aliphatic carbocycles. The van der Waals surface area contributed by atoms with Gasteiger partial charge in [-0.2, -0.15) is 0 Å². The molecule has 144 valence electrons. The van der Waals surface area contributed by atoms with E-state index in [9.17, 15) is 0 Å². The zero-order valence-electron chi connectivity index (χ0n) is 17.5. The van der Waals surface area contributed by atoms with Crippen LogP contribution >= 0.6 is 0 Å². The quantitative estimate of drug-likeness (QED) is 0.388. The first kappa shape index (κ1) is 18.7. The molecule has 0 N–H and O–H groups in total. The van der Waals surface area contributed by atoms with E-state index in [0.717, 1.165) is 6.42 Å². The fourth-order valence-electron chi connectivity index (χ4n) is 5.88. The molecule has 0 nitrogen and oxygen atoms in total. The van der Waals surface area contributed by atoms with Crippen LogP contribution in [-0.4, -0.2) is 3.81 Å². The predicted molar refractivity (Wildman–Crippen MR) is 124 cm³/mol. The van der Waals surface area contributed by atoms with Crippen LogP contribution in [0.3, 0.4) is 0 Å². The van der Waals surface area contributed by atoms with Crippen LogP contribution in [0, 0.1) is 0 Å². The van der Waals surface area contributed by atoms with Crippen molar-refractivity contribution in [2.24, 2.45) is 0 Å². The maximum absolute atomic E-state index is 3.44. The van der Waals surface area contributed by atoms with Gasteiger partial charge in [0.15, 0.2) is 0 Å². The first-order valence-corrected chi connectivity index (χ1v) is 16.2. The summed E-state index contributed by atoms with van der Waals surface area (Å²) in [6.45, 7) is 2.43. The molecule has 0 unspecified atom stereocenters. The van der Waals surface area contributed by atoms with E-state index in [0.29, 0.717) is 4.22 Å². The maximum atomic E-state index is 2.67. The molecule has 2 aliphatic rings. The number of benzene rings is 3. The third-order valence-corrected chi connectivity index (χ3v) is 19.2. The zero-order valence-corrected chi connectivity index (χ0v) is 19.1. The molecule has 29 heavy (non-hydrogen) atoms. The molecule has 0 fully saturated rings. The van der Waals surface area contributed by atoms with E-state index in [1.165, 1.54) is 27.8 Å². The second-order valence-corrected chi connectivity index (χ2v) is 20.3. The van der Waals surface area contributed by atoms with Crippen molar-refractivity contribution < 1.29 is 14.8 Å². The van der Waals surface area contributed by atoms with Crippen LogP contribution in [-0.2, 0) is 14.8 Å². The Morgan fingerprint density at radius 2 is 1.31 bits per heavy atom. The monoisotopic (exact) mass is 412 g/mol. The zero-order chi connectivity index (χ0) is 20.1. The van der Waals surface area contributed by atoms with Gasteiger partial charge in [-0.25, -0.2) is 0 Å².